The molecule has 4 aromatic rings. The number of likely N-dealkylation sites (N-methyl/N-ethyl adjacent to an activating group) is 1. The monoisotopic (exact) mass is 520 g/mol. The van der Waals surface area contributed by atoms with Crippen LogP contribution >= 0.6 is 11.3 Å². The molecule has 2 atom stereocenters. The average molecular weight is 521 g/mol. The molecule has 0 aliphatic carbocycles. The molecule has 1 fully saturated rings. The minimum atomic E-state index is -0.168. The smallest absolute Gasteiger partial charge is 0.251 e. The summed E-state index contributed by atoms with van der Waals surface area (Å²) in [5.41, 5.74) is 3.34. The molecule has 0 radical (unpaired) electrons. The number of aromatic nitrogens is 4. The lowest BCUT2D eigenvalue weighted by molar-refractivity contribution is 0.0936. The van der Waals surface area contributed by atoms with Crippen molar-refractivity contribution in [2.45, 2.75) is 39.3 Å². The second-order valence-corrected chi connectivity index (χ2v) is 10.0. The van der Waals surface area contributed by atoms with Crippen molar-refractivity contribution < 1.29 is 14.3 Å². The van der Waals surface area contributed by atoms with Crippen molar-refractivity contribution in [1.82, 2.24) is 29.8 Å². The number of hydrogen-bond donors (Lipinski definition) is 1. The number of thiophene rings is 1. The molecule has 1 aliphatic rings. The van der Waals surface area contributed by atoms with E-state index in [1.165, 1.54) is 0 Å². The molecule has 194 valence electrons. The van der Waals surface area contributed by atoms with Gasteiger partial charge < -0.3 is 14.8 Å². The lowest BCUT2D eigenvalue weighted by Crippen LogP contribution is -2.42. The SMILES string of the molecule is CCN(CC)[C@@H](C)CNC(=O)c1cc(O[C@@H]2CCOC2)nc(-c2cnn3ccc(-c4cccs4)nc23)c1. The minimum absolute atomic E-state index is 0.0891. The van der Waals surface area contributed by atoms with Crippen molar-refractivity contribution in [2.24, 2.45) is 0 Å². The number of fused-ring (bicyclic) bond motifs is 1. The number of ether oxygens (including phenoxy) is 2. The number of pyridine rings is 1. The number of hydrogen-bond acceptors (Lipinski definition) is 8. The van der Waals surface area contributed by atoms with E-state index in [0.717, 1.165) is 35.6 Å². The first-order chi connectivity index (χ1) is 18.1. The molecule has 1 saturated heterocycles. The summed E-state index contributed by atoms with van der Waals surface area (Å²) in [5, 5.41) is 9.58. The first-order valence-electron chi connectivity index (χ1n) is 12.7. The first-order valence-corrected chi connectivity index (χ1v) is 13.6. The average Bonchev–Trinajstić information content (AvgIpc) is 3.69. The fourth-order valence-corrected chi connectivity index (χ4v) is 5.24. The molecule has 1 aliphatic heterocycles. The number of carbonyl (C=O) groups is 1. The highest BCUT2D eigenvalue weighted by atomic mass is 32.1. The molecule has 1 N–H and O–H groups in total. The van der Waals surface area contributed by atoms with Gasteiger partial charge in [-0.25, -0.2) is 14.5 Å². The van der Waals surface area contributed by atoms with Crippen molar-refractivity contribution in [3.8, 4) is 27.7 Å². The summed E-state index contributed by atoms with van der Waals surface area (Å²) in [7, 11) is 0. The highest BCUT2D eigenvalue weighted by Crippen LogP contribution is 2.29. The summed E-state index contributed by atoms with van der Waals surface area (Å²) in [4.78, 5) is 26.3. The van der Waals surface area contributed by atoms with E-state index < -0.39 is 0 Å². The van der Waals surface area contributed by atoms with Crippen molar-refractivity contribution in [3.63, 3.8) is 0 Å². The number of rotatable bonds is 10. The Kier molecular flexibility index (Phi) is 7.78. The van der Waals surface area contributed by atoms with Gasteiger partial charge in [-0.15, -0.1) is 11.3 Å². The Labute approximate surface area is 220 Å². The van der Waals surface area contributed by atoms with Gasteiger partial charge in [0, 0.05) is 36.8 Å². The maximum atomic E-state index is 13.3. The normalized spacial score (nSPS) is 16.4. The number of nitrogens with one attached hydrogen (secondary N) is 1. The zero-order valence-electron chi connectivity index (χ0n) is 21.4. The summed E-state index contributed by atoms with van der Waals surface area (Å²) in [6.45, 7) is 9.96. The second-order valence-electron chi connectivity index (χ2n) is 9.08. The molecule has 10 heteroatoms. The fraction of sp³-hybridized carbons (Fsp3) is 0.407. The Morgan fingerprint density at radius 3 is 2.86 bits per heavy atom. The molecule has 37 heavy (non-hydrogen) atoms. The predicted octanol–water partition coefficient (Wildman–Crippen LogP) is 4.15. The lowest BCUT2D eigenvalue weighted by atomic mass is 10.1. The van der Waals surface area contributed by atoms with Gasteiger partial charge in [0.1, 0.15) is 6.10 Å². The maximum absolute atomic E-state index is 13.3. The molecule has 1 amide bonds. The Balaban J connectivity index is 1.48. The van der Waals surface area contributed by atoms with E-state index in [9.17, 15) is 4.79 Å². The van der Waals surface area contributed by atoms with E-state index >= 15 is 0 Å². The van der Waals surface area contributed by atoms with Crippen LogP contribution < -0.4 is 10.1 Å². The topological polar surface area (TPSA) is 93.9 Å². The Morgan fingerprint density at radius 2 is 2.14 bits per heavy atom. The number of carbonyl (C=O) groups excluding carboxylic acids is 1. The van der Waals surface area contributed by atoms with Gasteiger partial charge in [0.25, 0.3) is 5.91 Å². The molecular formula is C27H32N6O3S. The Bertz CT molecular complexity index is 1350. The maximum Gasteiger partial charge on any atom is 0.251 e. The van der Waals surface area contributed by atoms with Crippen molar-refractivity contribution >= 4 is 22.9 Å². The van der Waals surface area contributed by atoms with Crippen LogP contribution in [0.5, 0.6) is 5.88 Å². The zero-order valence-corrected chi connectivity index (χ0v) is 22.2. The van der Waals surface area contributed by atoms with Crippen LogP contribution in [-0.4, -0.2) is 75.4 Å². The van der Waals surface area contributed by atoms with Crippen LogP contribution in [0.2, 0.25) is 0 Å². The van der Waals surface area contributed by atoms with Crippen LogP contribution in [0.25, 0.3) is 27.5 Å². The van der Waals surface area contributed by atoms with E-state index in [1.807, 2.05) is 29.8 Å². The summed E-state index contributed by atoms with van der Waals surface area (Å²) in [6.07, 6.45) is 4.32. The summed E-state index contributed by atoms with van der Waals surface area (Å²) in [5.74, 6) is 0.225. The molecular weight excluding hydrogens is 488 g/mol. The predicted molar refractivity (Wildman–Crippen MR) is 144 cm³/mol. The Morgan fingerprint density at radius 1 is 1.27 bits per heavy atom. The van der Waals surface area contributed by atoms with Crippen molar-refractivity contribution in [2.75, 3.05) is 32.8 Å². The summed E-state index contributed by atoms with van der Waals surface area (Å²) >= 11 is 1.63. The summed E-state index contributed by atoms with van der Waals surface area (Å²) < 4.78 is 13.3. The quantitative estimate of drug-likeness (QED) is 0.336. The molecule has 9 nitrogen and oxygen atoms in total. The second kappa shape index (κ2) is 11.4. The third kappa shape index (κ3) is 5.66. The first kappa shape index (κ1) is 25.3. The minimum Gasteiger partial charge on any atom is -0.472 e. The number of nitrogens with zero attached hydrogens (tertiary/aromatic N) is 5. The molecule has 5 rings (SSSR count). The Hall–Kier alpha value is -3.34. The van der Waals surface area contributed by atoms with Gasteiger partial charge in [0.15, 0.2) is 5.65 Å². The van der Waals surface area contributed by atoms with Gasteiger partial charge in [-0.1, -0.05) is 19.9 Å². The number of amides is 1. The molecule has 0 saturated carbocycles. The van der Waals surface area contributed by atoms with Crippen LogP contribution in [0, 0.1) is 0 Å². The fourth-order valence-electron chi connectivity index (χ4n) is 4.54. The van der Waals surface area contributed by atoms with E-state index in [-0.39, 0.29) is 18.1 Å². The van der Waals surface area contributed by atoms with Crippen molar-refractivity contribution in [1.29, 1.82) is 0 Å². The van der Waals surface area contributed by atoms with Crippen LogP contribution in [0.4, 0.5) is 0 Å². The van der Waals surface area contributed by atoms with Gasteiger partial charge >= 0.3 is 0 Å². The van der Waals surface area contributed by atoms with Gasteiger partial charge in [0.05, 0.1) is 41.2 Å². The van der Waals surface area contributed by atoms with Gasteiger partial charge in [-0.05, 0) is 43.6 Å². The highest BCUT2D eigenvalue weighted by Gasteiger charge is 2.21. The van der Waals surface area contributed by atoms with E-state index in [1.54, 1.807) is 34.2 Å². The standard InChI is InChI=1S/C27H32N6O3S/c1-4-32(5-2)18(3)15-28-27(34)19-13-23(30-25(14-19)36-20-9-11-35-17-20)21-16-29-33-10-8-22(31-26(21)33)24-7-6-12-37-24/h6-8,10,12-14,16,18,20H,4-5,9,11,15,17H2,1-3H3,(H,28,34)/t18-,20+/m0/s1. The van der Waals surface area contributed by atoms with Gasteiger partial charge in [-0.2, -0.15) is 5.10 Å². The molecule has 4 aromatic heterocycles. The van der Waals surface area contributed by atoms with E-state index in [2.05, 4.69) is 36.1 Å². The molecule has 0 aromatic carbocycles. The lowest BCUT2D eigenvalue weighted by Gasteiger charge is -2.26. The summed E-state index contributed by atoms with van der Waals surface area (Å²) in [6, 6.07) is 9.70. The molecule has 0 spiro atoms. The van der Waals surface area contributed by atoms with Gasteiger partial charge in [0.2, 0.25) is 5.88 Å². The highest BCUT2D eigenvalue weighted by molar-refractivity contribution is 7.13. The van der Waals surface area contributed by atoms with Crippen molar-refractivity contribution in [3.05, 3.63) is 53.7 Å². The van der Waals surface area contributed by atoms with Crippen LogP contribution in [-0.2, 0) is 4.74 Å². The zero-order chi connectivity index (χ0) is 25.8. The third-order valence-corrected chi connectivity index (χ3v) is 7.54. The molecule has 5 heterocycles. The van der Waals surface area contributed by atoms with Crippen LogP contribution in [0.1, 0.15) is 37.6 Å². The van der Waals surface area contributed by atoms with Crippen LogP contribution in [0.3, 0.4) is 0 Å². The third-order valence-electron chi connectivity index (χ3n) is 6.65. The van der Waals surface area contributed by atoms with Gasteiger partial charge in [-0.3, -0.25) is 9.69 Å². The van der Waals surface area contributed by atoms with E-state index in [4.69, 9.17) is 19.4 Å². The largest absolute Gasteiger partial charge is 0.472 e. The van der Waals surface area contributed by atoms with E-state index in [0.29, 0.717) is 42.5 Å². The van der Waals surface area contributed by atoms with Crippen LogP contribution in [0.15, 0.2) is 48.1 Å². The molecule has 0 bridgehead atoms. The molecule has 0 unspecified atom stereocenters.